The van der Waals surface area contributed by atoms with E-state index in [-0.39, 0.29) is 5.91 Å². The standard InChI is InChI=1S/C20H20N2O3/c1-4-25-17-9-11-21-16(17)12-14-18-13(8-10-20(2,3)24)6-5-7-15(18)22-19(14)23/h5-7,9,11-12,21,24H,4H2,1-3H3,(H,22,23). The fourth-order valence-corrected chi connectivity index (χ4v) is 2.62. The van der Waals surface area contributed by atoms with E-state index in [0.29, 0.717) is 29.2 Å². The molecule has 0 unspecified atom stereocenters. The zero-order valence-corrected chi connectivity index (χ0v) is 14.4. The fourth-order valence-electron chi connectivity index (χ4n) is 2.62. The molecule has 1 aliphatic rings. The summed E-state index contributed by atoms with van der Waals surface area (Å²) in [5.41, 5.74) is 2.27. The van der Waals surface area contributed by atoms with E-state index >= 15 is 0 Å². The quantitative estimate of drug-likeness (QED) is 0.596. The van der Waals surface area contributed by atoms with Crippen LogP contribution in [0.5, 0.6) is 5.75 Å². The van der Waals surface area contributed by atoms with Crippen LogP contribution in [0.2, 0.25) is 0 Å². The summed E-state index contributed by atoms with van der Waals surface area (Å²) in [6.45, 7) is 5.69. The number of carbonyl (C=O) groups excluding carboxylic acids is 1. The lowest BCUT2D eigenvalue weighted by atomic mass is 9.99. The van der Waals surface area contributed by atoms with Crippen LogP contribution in [0.1, 0.15) is 37.6 Å². The van der Waals surface area contributed by atoms with Crippen LogP contribution in [-0.4, -0.2) is 28.2 Å². The molecule has 0 spiro atoms. The van der Waals surface area contributed by atoms with Gasteiger partial charge in [0.2, 0.25) is 0 Å². The number of amides is 1. The van der Waals surface area contributed by atoms with Gasteiger partial charge in [0.15, 0.2) is 0 Å². The molecule has 0 saturated carbocycles. The molecule has 0 bridgehead atoms. The molecule has 5 nitrogen and oxygen atoms in total. The topological polar surface area (TPSA) is 74.4 Å². The number of carbonyl (C=O) groups is 1. The molecule has 0 saturated heterocycles. The lowest BCUT2D eigenvalue weighted by Gasteiger charge is -2.07. The predicted octanol–water partition coefficient (Wildman–Crippen LogP) is 3.03. The highest BCUT2D eigenvalue weighted by Crippen LogP contribution is 2.36. The number of aromatic nitrogens is 1. The number of hydrogen-bond donors (Lipinski definition) is 3. The van der Waals surface area contributed by atoms with Crippen molar-refractivity contribution < 1.29 is 14.6 Å². The second kappa shape index (κ2) is 6.50. The maximum atomic E-state index is 12.4. The Labute approximate surface area is 146 Å². The van der Waals surface area contributed by atoms with Crippen LogP contribution in [-0.2, 0) is 4.79 Å². The number of fused-ring (bicyclic) bond motifs is 1. The fraction of sp³-hybridized carbons (Fsp3) is 0.250. The molecule has 0 fully saturated rings. The van der Waals surface area contributed by atoms with Gasteiger partial charge in [0.25, 0.3) is 5.91 Å². The molecule has 0 radical (unpaired) electrons. The average Bonchev–Trinajstić information content (AvgIpc) is 3.10. The van der Waals surface area contributed by atoms with Crippen molar-refractivity contribution in [2.45, 2.75) is 26.4 Å². The zero-order chi connectivity index (χ0) is 18.0. The maximum absolute atomic E-state index is 12.4. The van der Waals surface area contributed by atoms with E-state index in [9.17, 15) is 9.90 Å². The number of hydrogen-bond acceptors (Lipinski definition) is 3. The number of nitrogens with one attached hydrogen (secondary N) is 2. The van der Waals surface area contributed by atoms with Crippen LogP contribution < -0.4 is 10.1 Å². The lowest BCUT2D eigenvalue weighted by molar-refractivity contribution is -0.110. The molecule has 1 aliphatic heterocycles. The van der Waals surface area contributed by atoms with E-state index in [1.54, 1.807) is 26.1 Å². The minimum Gasteiger partial charge on any atom is -0.492 e. The number of aliphatic hydroxyl groups is 1. The Hall–Kier alpha value is -2.97. The Morgan fingerprint density at radius 1 is 1.32 bits per heavy atom. The van der Waals surface area contributed by atoms with Crippen molar-refractivity contribution in [2.75, 3.05) is 11.9 Å². The lowest BCUT2D eigenvalue weighted by Crippen LogP contribution is -2.14. The Balaban J connectivity index is 2.10. The van der Waals surface area contributed by atoms with Gasteiger partial charge in [0, 0.05) is 17.3 Å². The van der Waals surface area contributed by atoms with Crippen LogP contribution in [0.3, 0.4) is 0 Å². The van der Waals surface area contributed by atoms with Crippen LogP contribution in [0.25, 0.3) is 11.6 Å². The zero-order valence-electron chi connectivity index (χ0n) is 14.4. The van der Waals surface area contributed by atoms with Crippen molar-refractivity contribution in [3.05, 3.63) is 47.3 Å². The molecule has 2 aromatic rings. The monoisotopic (exact) mass is 336 g/mol. The molecular formula is C20H20N2O3. The van der Waals surface area contributed by atoms with Crippen LogP contribution in [0.15, 0.2) is 30.5 Å². The first kappa shape index (κ1) is 16.9. The third-order valence-electron chi connectivity index (χ3n) is 3.66. The minimum atomic E-state index is -1.11. The van der Waals surface area contributed by atoms with E-state index in [2.05, 4.69) is 22.1 Å². The third-order valence-corrected chi connectivity index (χ3v) is 3.66. The molecule has 3 N–H and O–H groups in total. The van der Waals surface area contributed by atoms with Gasteiger partial charge in [-0.15, -0.1) is 0 Å². The highest BCUT2D eigenvalue weighted by atomic mass is 16.5. The number of aromatic amines is 1. The third kappa shape index (κ3) is 3.59. The maximum Gasteiger partial charge on any atom is 0.256 e. The second-order valence-electron chi connectivity index (χ2n) is 6.24. The molecule has 2 heterocycles. The molecule has 3 rings (SSSR count). The van der Waals surface area contributed by atoms with Gasteiger partial charge in [0.1, 0.15) is 11.4 Å². The normalized spacial score (nSPS) is 14.7. The summed E-state index contributed by atoms with van der Waals surface area (Å²) in [4.78, 5) is 15.5. The van der Waals surface area contributed by atoms with Gasteiger partial charge >= 0.3 is 0 Å². The van der Waals surface area contributed by atoms with Gasteiger partial charge in [0.05, 0.1) is 23.6 Å². The van der Waals surface area contributed by atoms with Crippen LogP contribution in [0, 0.1) is 11.8 Å². The van der Waals surface area contributed by atoms with E-state index in [4.69, 9.17) is 4.74 Å². The van der Waals surface area contributed by atoms with Crippen molar-refractivity contribution in [1.82, 2.24) is 4.98 Å². The molecule has 1 aromatic heterocycles. The number of ether oxygens (including phenoxy) is 1. The molecule has 0 aliphatic carbocycles. The van der Waals surface area contributed by atoms with Gasteiger partial charge in [-0.1, -0.05) is 17.9 Å². The van der Waals surface area contributed by atoms with Crippen molar-refractivity contribution >= 4 is 23.2 Å². The Bertz CT molecular complexity index is 905. The molecule has 128 valence electrons. The first-order valence-electron chi connectivity index (χ1n) is 8.11. The largest absolute Gasteiger partial charge is 0.492 e. The van der Waals surface area contributed by atoms with Gasteiger partial charge in [-0.2, -0.15) is 0 Å². The summed E-state index contributed by atoms with van der Waals surface area (Å²) in [5, 5.41) is 12.7. The van der Waals surface area contributed by atoms with E-state index in [0.717, 1.165) is 11.3 Å². The average molecular weight is 336 g/mol. The Morgan fingerprint density at radius 3 is 2.84 bits per heavy atom. The summed E-state index contributed by atoms with van der Waals surface area (Å²) >= 11 is 0. The number of anilines is 1. The van der Waals surface area contributed by atoms with Crippen molar-refractivity contribution in [3.8, 4) is 17.6 Å². The van der Waals surface area contributed by atoms with Gasteiger partial charge in [-0.25, -0.2) is 0 Å². The minimum absolute atomic E-state index is 0.190. The number of benzene rings is 1. The van der Waals surface area contributed by atoms with Crippen molar-refractivity contribution in [2.24, 2.45) is 0 Å². The predicted molar refractivity (Wildman–Crippen MR) is 98.1 cm³/mol. The molecule has 25 heavy (non-hydrogen) atoms. The van der Waals surface area contributed by atoms with E-state index in [1.165, 1.54) is 0 Å². The van der Waals surface area contributed by atoms with E-state index in [1.807, 2.05) is 31.2 Å². The van der Waals surface area contributed by atoms with Gasteiger partial charge in [-0.3, -0.25) is 4.79 Å². The van der Waals surface area contributed by atoms with Gasteiger partial charge < -0.3 is 20.1 Å². The summed E-state index contributed by atoms with van der Waals surface area (Å²) in [6.07, 6.45) is 3.53. The summed E-state index contributed by atoms with van der Waals surface area (Å²) in [7, 11) is 0. The highest BCUT2D eigenvalue weighted by molar-refractivity contribution is 6.35. The van der Waals surface area contributed by atoms with Crippen LogP contribution >= 0.6 is 0 Å². The molecular weight excluding hydrogens is 316 g/mol. The summed E-state index contributed by atoms with van der Waals surface area (Å²) < 4.78 is 5.56. The molecule has 5 heteroatoms. The number of rotatable bonds is 3. The smallest absolute Gasteiger partial charge is 0.256 e. The first-order valence-corrected chi connectivity index (χ1v) is 8.11. The summed E-state index contributed by atoms with van der Waals surface area (Å²) in [5.74, 6) is 6.28. The first-order chi connectivity index (χ1) is 11.9. The Morgan fingerprint density at radius 2 is 2.12 bits per heavy atom. The molecule has 1 amide bonds. The number of H-pyrrole nitrogens is 1. The van der Waals surface area contributed by atoms with E-state index < -0.39 is 5.60 Å². The Kier molecular flexibility index (Phi) is 4.39. The summed E-state index contributed by atoms with van der Waals surface area (Å²) in [6, 6.07) is 7.33. The van der Waals surface area contributed by atoms with Gasteiger partial charge in [-0.05, 0) is 45.0 Å². The SMILES string of the molecule is CCOc1cc[nH]c1C=C1C(=O)Nc2cccc(C#CC(C)(C)O)c21. The second-order valence-corrected chi connectivity index (χ2v) is 6.24. The highest BCUT2D eigenvalue weighted by Gasteiger charge is 2.27. The molecule has 0 atom stereocenters. The molecule has 1 aromatic carbocycles. The van der Waals surface area contributed by atoms with Crippen LogP contribution in [0.4, 0.5) is 5.69 Å². The van der Waals surface area contributed by atoms with Crippen molar-refractivity contribution in [3.63, 3.8) is 0 Å². The van der Waals surface area contributed by atoms with Crippen molar-refractivity contribution in [1.29, 1.82) is 0 Å².